The summed E-state index contributed by atoms with van der Waals surface area (Å²) in [5.41, 5.74) is 6.34. The number of hydrogen-bond donors (Lipinski definition) is 2. The molecule has 0 spiro atoms. The largest absolute Gasteiger partial charge is 0.399 e. The molecular weight excluding hydrogens is 331 g/mol. The third-order valence-corrected chi connectivity index (χ3v) is 5.54. The lowest BCUT2D eigenvalue weighted by Gasteiger charge is -2.11. The molecule has 4 nitrogen and oxygen atoms in total. The van der Waals surface area contributed by atoms with Crippen molar-refractivity contribution in [3.63, 3.8) is 0 Å². The smallest absolute Gasteiger partial charge is 0.237 e. The van der Waals surface area contributed by atoms with E-state index in [9.17, 15) is 9.00 Å². The fourth-order valence-corrected chi connectivity index (χ4v) is 4.47. The van der Waals surface area contributed by atoms with Crippen LogP contribution in [0.15, 0.2) is 12.1 Å². The zero-order valence-electron chi connectivity index (χ0n) is 11.5. The fourth-order valence-electron chi connectivity index (χ4n) is 2.53. The second-order valence-corrected chi connectivity index (χ2v) is 7.63. The number of nitrogen functional groups attached to an aromatic ring is 1. The highest BCUT2D eigenvalue weighted by Crippen LogP contribution is 2.32. The molecule has 1 aromatic rings. The minimum Gasteiger partial charge on any atom is -0.399 e. The van der Waals surface area contributed by atoms with Gasteiger partial charge in [0.15, 0.2) is 0 Å². The standard InChI is InChI=1S/C14H18Cl2N2O2S/c15-11-5-10(17)6-12(16)14(11)18-13(19)8-21(20)7-9-3-1-2-4-9/h5-6,9H,1-4,7-8,17H2,(H,18,19). The Kier molecular flexibility index (Phi) is 5.90. The van der Waals surface area contributed by atoms with Crippen LogP contribution in [0.4, 0.5) is 11.4 Å². The highest BCUT2D eigenvalue weighted by atomic mass is 35.5. The number of benzene rings is 1. The maximum Gasteiger partial charge on any atom is 0.237 e. The van der Waals surface area contributed by atoms with E-state index >= 15 is 0 Å². The van der Waals surface area contributed by atoms with Crippen molar-refractivity contribution in [1.29, 1.82) is 0 Å². The topological polar surface area (TPSA) is 72.2 Å². The van der Waals surface area contributed by atoms with Gasteiger partial charge in [-0.15, -0.1) is 0 Å². The molecular formula is C14H18Cl2N2O2S. The van der Waals surface area contributed by atoms with Crippen LogP contribution in [0, 0.1) is 5.92 Å². The quantitative estimate of drug-likeness (QED) is 0.800. The summed E-state index contributed by atoms with van der Waals surface area (Å²) in [6, 6.07) is 3.02. The first kappa shape index (κ1) is 16.6. The maximum atomic E-state index is 12.0. The van der Waals surface area contributed by atoms with Crippen molar-refractivity contribution >= 4 is 51.3 Å². The summed E-state index contributed by atoms with van der Waals surface area (Å²) in [5.74, 6) is 0.701. The zero-order valence-corrected chi connectivity index (χ0v) is 13.9. The molecule has 0 bridgehead atoms. The van der Waals surface area contributed by atoms with Crippen LogP contribution in [-0.2, 0) is 15.6 Å². The number of halogens is 2. The molecule has 2 rings (SSSR count). The number of carbonyl (C=O) groups excluding carboxylic acids is 1. The first-order chi connectivity index (χ1) is 9.95. The molecule has 1 aliphatic rings. The predicted octanol–water partition coefficient (Wildman–Crippen LogP) is 3.45. The van der Waals surface area contributed by atoms with Gasteiger partial charge in [0.25, 0.3) is 0 Å². The summed E-state index contributed by atoms with van der Waals surface area (Å²) in [6.45, 7) is 0. The molecule has 1 fully saturated rings. The van der Waals surface area contributed by atoms with Crippen LogP contribution < -0.4 is 11.1 Å². The number of carbonyl (C=O) groups is 1. The van der Waals surface area contributed by atoms with E-state index in [-0.39, 0.29) is 21.7 Å². The first-order valence-corrected chi connectivity index (χ1v) is 9.09. The molecule has 3 N–H and O–H groups in total. The minimum atomic E-state index is -1.15. The highest BCUT2D eigenvalue weighted by Gasteiger charge is 2.20. The lowest BCUT2D eigenvalue weighted by atomic mass is 10.1. The van der Waals surface area contributed by atoms with Gasteiger partial charge in [-0.25, -0.2) is 0 Å². The van der Waals surface area contributed by atoms with Crippen LogP contribution in [-0.4, -0.2) is 21.6 Å². The van der Waals surface area contributed by atoms with Gasteiger partial charge in [0, 0.05) is 22.2 Å². The van der Waals surface area contributed by atoms with Gasteiger partial charge in [0.05, 0.1) is 15.7 Å². The normalized spacial score (nSPS) is 16.9. The number of nitrogens with two attached hydrogens (primary N) is 1. The van der Waals surface area contributed by atoms with Gasteiger partial charge in [0.2, 0.25) is 5.91 Å². The van der Waals surface area contributed by atoms with E-state index in [1.807, 2.05) is 0 Å². The Morgan fingerprint density at radius 1 is 1.29 bits per heavy atom. The first-order valence-electron chi connectivity index (χ1n) is 6.85. The van der Waals surface area contributed by atoms with Crippen LogP contribution in [0.25, 0.3) is 0 Å². The van der Waals surface area contributed by atoms with Crippen molar-refractivity contribution < 1.29 is 9.00 Å². The zero-order chi connectivity index (χ0) is 15.4. The van der Waals surface area contributed by atoms with E-state index in [2.05, 4.69) is 5.32 Å². The lowest BCUT2D eigenvalue weighted by Crippen LogP contribution is -2.23. The van der Waals surface area contributed by atoms with Gasteiger partial charge < -0.3 is 11.1 Å². The third-order valence-electron chi connectivity index (χ3n) is 3.52. The Labute approximate surface area is 136 Å². The second kappa shape index (κ2) is 7.47. The molecule has 1 unspecified atom stereocenters. The molecule has 1 saturated carbocycles. The van der Waals surface area contributed by atoms with E-state index < -0.39 is 10.8 Å². The molecule has 1 amide bonds. The summed E-state index contributed by atoms with van der Waals surface area (Å²) in [7, 11) is -1.15. The van der Waals surface area contributed by atoms with E-state index in [0.29, 0.717) is 23.0 Å². The molecule has 116 valence electrons. The lowest BCUT2D eigenvalue weighted by molar-refractivity contribution is -0.113. The Morgan fingerprint density at radius 3 is 2.43 bits per heavy atom. The third kappa shape index (κ3) is 4.87. The number of amides is 1. The van der Waals surface area contributed by atoms with Gasteiger partial charge >= 0.3 is 0 Å². The van der Waals surface area contributed by atoms with Crippen molar-refractivity contribution in [2.45, 2.75) is 25.7 Å². The highest BCUT2D eigenvalue weighted by molar-refractivity contribution is 7.85. The van der Waals surface area contributed by atoms with Gasteiger partial charge in [-0.1, -0.05) is 36.0 Å². The number of anilines is 2. The summed E-state index contributed by atoms with van der Waals surface area (Å²) < 4.78 is 12.0. The molecule has 0 radical (unpaired) electrons. The molecule has 0 aromatic heterocycles. The van der Waals surface area contributed by atoms with Gasteiger partial charge in [-0.2, -0.15) is 0 Å². The summed E-state index contributed by atoms with van der Waals surface area (Å²) >= 11 is 12.0. The molecule has 0 heterocycles. The minimum absolute atomic E-state index is 0.0342. The Balaban J connectivity index is 1.91. The van der Waals surface area contributed by atoms with E-state index in [1.54, 1.807) is 0 Å². The Hall–Kier alpha value is -0.780. The van der Waals surface area contributed by atoms with Crippen LogP contribution >= 0.6 is 23.2 Å². The molecule has 21 heavy (non-hydrogen) atoms. The average molecular weight is 349 g/mol. The van der Waals surface area contributed by atoms with Gasteiger partial charge in [-0.3, -0.25) is 9.00 Å². The maximum absolute atomic E-state index is 12.0. The van der Waals surface area contributed by atoms with Crippen LogP contribution in [0.2, 0.25) is 10.0 Å². The second-order valence-electron chi connectivity index (χ2n) is 5.31. The SMILES string of the molecule is Nc1cc(Cl)c(NC(=O)CS(=O)CC2CCCC2)c(Cl)c1. The monoisotopic (exact) mass is 348 g/mol. The predicted molar refractivity (Wildman–Crippen MR) is 89.3 cm³/mol. The van der Waals surface area contributed by atoms with Crippen molar-refractivity contribution in [3.05, 3.63) is 22.2 Å². The van der Waals surface area contributed by atoms with Crippen LogP contribution in [0.3, 0.4) is 0 Å². The molecule has 1 aromatic carbocycles. The number of rotatable bonds is 5. The van der Waals surface area contributed by atoms with E-state index in [1.165, 1.54) is 25.0 Å². The summed E-state index contributed by atoms with van der Waals surface area (Å²) in [4.78, 5) is 11.9. The summed E-state index contributed by atoms with van der Waals surface area (Å²) in [5, 5.41) is 3.16. The molecule has 0 aliphatic heterocycles. The van der Waals surface area contributed by atoms with Crippen LogP contribution in [0.1, 0.15) is 25.7 Å². The average Bonchev–Trinajstić information content (AvgIpc) is 2.86. The van der Waals surface area contributed by atoms with E-state index in [0.717, 1.165) is 12.8 Å². The fraction of sp³-hybridized carbons (Fsp3) is 0.500. The van der Waals surface area contributed by atoms with Crippen molar-refractivity contribution in [3.8, 4) is 0 Å². The molecule has 1 aliphatic carbocycles. The Bertz CT molecular complexity index is 537. The van der Waals surface area contributed by atoms with Crippen LogP contribution in [0.5, 0.6) is 0 Å². The van der Waals surface area contributed by atoms with Gasteiger partial charge in [0.1, 0.15) is 5.75 Å². The molecule has 0 saturated heterocycles. The van der Waals surface area contributed by atoms with Crippen molar-refractivity contribution in [2.24, 2.45) is 5.92 Å². The summed E-state index contributed by atoms with van der Waals surface area (Å²) in [6.07, 6.45) is 4.63. The number of hydrogen-bond acceptors (Lipinski definition) is 3. The van der Waals surface area contributed by atoms with Crippen molar-refractivity contribution in [2.75, 3.05) is 22.6 Å². The van der Waals surface area contributed by atoms with Gasteiger partial charge in [-0.05, 0) is 30.9 Å². The number of nitrogens with one attached hydrogen (secondary N) is 1. The molecule has 7 heteroatoms. The molecule has 1 atom stereocenters. The Morgan fingerprint density at radius 2 is 1.86 bits per heavy atom. The van der Waals surface area contributed by atoms with E-state index in [4.69, 9.17) is 28.9 Å². The van der Waals surface area contributed by atoms with Crippen molar-refractivity contribution in [1.82, 2.24) is 0 Å².